The minimum atomic E-state index is -3.49. The zero-order chi connectivity index (χ0) is 9.14. The summed E-state index contributed by atoms with van der Waals surface area (Å²) >= 11 is 0. The molecule has 0 N–H and O–H groups in total. The van der Waals surface area contributed by atoms with Gasteiger partial charge >= 0.3 is 18.9 Å². The fourth-order valence-corrected chi connectivity index (χ4v) is 1.56. The fraction of sp³-hybridized carbons (Fsp3) is 0. The topological polar surface area (TPSA) is 0 Å². The molecule has 0 aliphatic rings. The average Bonchev–Trinajstić information content (AvgIpc) is 2.04. The largest absolute Gasteiger partial charge is 0.511 e. The Labute approximate surface area is 70.7 Å². The van der Waals surface area contributed by atoms with Crippen molar-refractivity contribution in [3.05, 3.63) is 24.3 Å². The normalized spacial score (nSPS) is 11.2. The summed E-state index contributed by atoms with van der Waals surface area (Å²) in [5, 5.41) is -0.237. The number of benzene rings is 1. The van der Waals surface area contributed by atoms with Crippen LogP contribution < -0.4 is 10.4 Å². The second kappa shape index (κ2) is 3.86. The van der Waals surface area contributed by atoms with Crippen LogP contribution >= 0.6 is 0 Å². The molecule has 0 saturated carbocycles. The molecule has 0 heterocycles. The molecule has 0 aliphatic carbocycles. The third-order valence-electron chi connectivity index (χ3n) is 1.32. The lowest BCUT2D eigenvalue weighted by atomic mass is 10.4. The molecule has 1 aromatic carbocycles. The molecule has 0 bridgehead atoms. The number of hydrogen-bond donors (Lipinski definition) is 0. The van der Waals surface area contributed by atoms with Crippen molar-refractivity contribution in [1.29, 1.82) is 0 Å². The lowest BCUT2D eigenvalue weighted by molar-refractivity contribution is 0.682. The number of hydrogen-bond acceptors (Lipinski definition) is 0. The van der Waals surface area contributed by atoms with Gasteiger partial charge in [0.2, 0.25) is 0 Å². The lowest BCUT2D eigenvalue weighted by Gasteiger charge is -1.97. The Kier molecular flexibility index (Phi) is 3.04. The van der Waals surface area contributed by atoms with Gasteiger partial charge in [0.25, 0.3) is 0 Å². The molecular formula is C6H4F4Si2. The van der Waals surface area contributed by atoms with Gasteiger partial charge < -0.3 is 0 Å². The van der Waals surface area contributed by atoms with Gasteiger partial charge in [0.15, 0.2) is 0 Å². The Morgan fingerprint density at radius 2 is 0.917 bits per heavy atom. The van der Waals surface area contributed by atoms with E-state index in [0.717, 1.165) is 24.3 Å². The molecule has 0 saturated heterocycles. The molecule has 0 spiro atoms. The van der Waals surface area contributed by atoms with Gasteiger partial charge in [-0.1, -0.05) is 24.3 Å². The molecule has 64 valence electrons. The molecule has 0 atom stereocenters. The quantitative estimate of drug-likeness (QED) is 0.386. The maximum Gasteiger partial charge on any atom is 0.511 e. The van der Waals surface area contributed by atoms with E-state index in [2.05, 4.69) is 0 Å². The maximum absolute atomic E-state index is 12.0. The van der Waals surface area contributed by atoms with Crippen molar-refractivity contribution >= 4 is 29.3 Å². The van der Waals surface area contributed by atoms with Gasteiger partial charge in [-0.2, -0.15) is 0 Å². The summed E-state index contributed by atoms with van der Waals surface area (Å²) < 4.78 is 48.1. The molecular weight excluding hydrogens is 204 g/mol. The molecule has 0 aliphatic heterocycles. The zero-order valence-electron chi connectivity index (χ0n) is 5.82. The van der Waals surface area contributed by atoms with Crippen molar-refractivity contribution in [2.45, 2.75) is 0 Å². The van der Waals surface area contributed by atoms with Crippen LogP contribution in [0.1, 0.15) is 0 Å². The Balaban J connectivity index is 2.86. The molecule has 1 aromatic rings. The van der Waals surface area contributed by atoms with Crippen LogP contribution in [-0.2, 0) is 0 Å². The predicted molar refractivity (Wildman–Crippen MR) is 41.7 cm³/mol. The average molecular weight is 208 g/mol. The lowest BCUT2D eigenvalue weighted by Crippen LogP contribution is -2.26. The van der Waals surface area contributed by atoms with E-state index in [1.807, 2.05) is 0 Å². The van der Waals surface area contributed by atoms with Crippen LogP contribution in [-0.4, -0.2) is 18.9 Å². The van der Waals surface area contributed by atoms with E-state index in [1.54, 1.807) is 0 Å². The Morgan fingerprint density at radius 1 is 0.667 bits per heavy atom. The maximum atomic E-state index is 12.0. The minimum Gasteiger partial charge on any atom is -0.262 e. The van der Waals surface area contributed by atoms with E-state index < -0.39 is 18.9 Å². The van der Waals surface area contributed by atoms with Gasteiger partial charge in [0, 0.05) is 10.4 Å². The van der Waals surface area contributed by atoms with Gasteiger partial charge in [-0.15, -0.1) is 0 Å². The SMILES string of the molecule is F[Si](F)c1ccc([Si](F)F)cc1. The van der Waals surface area contributed by atoms with E-state index in [0.29, 0.717) is 0 Å². The Hall–Kier alpha value is -0.626. The molecule has 1 rings (SSSR count). The molecule has 6 heteroatoms. The van der Waals surface area contributed by atoms with Crippen LogP contribution in [0.2, 0.25) is 0 Å². The highest BCUT2D eigenvalue weighted by atomic mass is 28.4. The van der Waals surface area contributed by atoms with Gasteiger partial charge in [-0.05, 0) is 0 Å². The van der Waals surface area contributed by atoms with E-state index in [9.17, 15) is 16.4 Å². The monoisotopic (exact) mass is 208 g/mol. The number of halogens is 4. The van der Waals surface area contributed by atoms with Gasteiger partial charge in [0.1, 0.15) is 0 Å². The van der Waals surface area contributed by atoms with Crippen LogP contribution in [0.4, 0.5) is 16.4 Å². The molecule has 0 aromatic heterocycles. The van der Waals surface area contributed by atoms with E-state index in [1.165, 1.54) is 0 Å². The third kappa shape index (κ3) is 2.18. The highest BCUT2D eigenvalue weighted by molar-refractivity contribution is 6.62. The molecule has 0 unspecified atom stereocenters. The molecule has 2 radical (unpaired) electrons. The highest BCUT2D eigenvalue weighted by Gasteiger charge is 2.17. The van der Waals surface area contributed by atoms with Crippen LogP contribution in [0.25, 0.3) is 0 Å². The summed E-state index contributed by atoms with van der Waals surface area (Å²) in [5.41, 5.74) is 0. The molecule has 0 amide bonds. The first-order valence-corrected chi connectivity index (χ1v) is 5.59. The summed E-state index contributed by atoms with van der Waals surface area (Å²) in [4.78, 5) is 0. The van der Waals surface area contributed by atoms with Crippen LogP contribution in [0.5, 0.6) is 0 Å². The van der Waals surface area contributed by atoms with Gasteiger partial charge in [-0.3, -0.25) is 16.4 Å². The third-order valence-corrected chi connectivity index (χ3v) is 2.86. The van der Waals surface area contributed by atoms with Gasteiger partial charge in [-0.25, -0.2) is 0 Å². The van der Waals surface area contributed by atoms with Crippen molar-refractivity contribution in [2.24, 2.45) is 0 Å². The molecule has 12 heavy (non-hydrogen) atoms. The van der Waals surface area contributed by atoms with Crippen molar-refractivity contribution in [1.82, 2.24) is 0 Å². The van der Waals surface area contributed by atoms with Crippen molar-refractivity contribution < 1.29 is 16.4 Å². The molecule has 0 nitrogen and oxygen atoms in total. The predicted octanol–water partition coefficient (Wildman–Crippen LogP) is 0.955. The van der Waals surface area contributed by atoms with Gasteiger partial charge in [0.05, 0.1) is 0 Å². The molecule has 0 fully saturated rings. The second-order valence-corrected chi connectivity index (χ2v) is 4.29. The van der Waals surface area contributed by atoms with Crippen LogP contribution in [0.3, 0.4) is 0 Å². The van der Waals surface area contributed by atoms with Crippen molar-refractivity contribution in [3.8, 4) is 0 Å². The zero-order valence-corrected chi connectivity index (χ0v) is 7.82. The Bertz CT molecular complexity index is 219. The van der Waals surface area contributed by atoms with Crippen LogP contribution in [0.15, 0.2) is 24.3 Å². The second-order valence-electron chi connectivity index (χ2n) is 2.10. The summed E-state index contributed by atoms with van der Waals surface area (Å²) in [7, 11) is -6.98. The first-order chi connectivity index (χ1) is 5.61. The summed E-state index contributed by atoms with van der Waals surface area (Å²) in [6.07, 6.45) is 0. The van der Waals surface area contributed by atoms with E-state index in [-0.39, 0.29) is 10.4 Å². The summed E-state index contributed by atoms with van der Waals surface area (Å²) in [6.45, 7) is 0. The highest BCUT2D eigenvalue weighted by Crippen LogP contribution is 1.92. The first-order valence-electron chi connectivity index (χ1n) is 3.08. The van der Waals surface area contributed by atoms with Crippen molar-refractivity contribution in [2.75, 3.05) is 0 Å². The smallest absolute Gasteiger partial charge is 0.262 e. The first kappa shape index (κ1) is 9.46. The van der Waals surface area contributed by atoms with E-state index >= 15 is 0 Å². The fourth-order valence-electron chi connectivity index (χ4n) is 0.722. The summed E-state index contributed by atoms with van der Waals surface area (Å²) in [6, 6.07) is 4.31. The number of rotatable bonds is 2. The Morgan fingerprint density at radius 3 is 1.08 bits per heavy atom. The summed E-state index contributed by atoms with van der Waals surface area (Å²) in [5.74, 6) is 0. The van der Waals surface area contributed by atoms with Crippen molar-refractivity contribution in [3.63, 3.8) is 0 Å². The minimum absolute atomic E-state index is 0.119. The van der Waals surface area contributed by atoms with Crippen LogP contribution in [0, 0.1) is 0 Å². The standard InChI is InChI=1S/C6H4F4Si2/c7-11(8)5-1-2-6(4-3-5)12(9)10/h1-4H. The van der Waals surface area contributed by atoms with E-state index in [4.69, 9.17) is 0 Å².